The van der Waals surface area contributed by atoms with E-state index in [4.69, 9.17) is 9.47 Å². The van der Waals surface area contributed by atoms with Gasteiger partial charge in [0.2, 0.25) is 0 Å². The number of cyclic esters (lactones) is 1. The molecule has 1 unspecified atom stereocenters. The van der Waals surface area contributed by atoms with E-state index in [-0.39, 0.29) is 12.1 Å². The van der Waals surface area contributed by atoms with Crippen LogP contribution in [-0.4, -0.2) is 13.1 Å². The van der Waals surface area contributed by atoms with Crippen LogP contribution in [0.15, 0.2) is 16.6 Å². The second-order valence-corrected chi connectivity index (χ2v) is 4.19. The molecule has 2 rings (SSSR count). The molecule has 1 aromatic rings. The van der Waals surface area contributed by atoms with E-state index in [0.29, 0.717) is 11.3 Å². The van der Waals surface area contributed by atoms with Gasteiger partial charge in [0.25, 0.3) is 0 Å². The summed E-state index contributed by atoms with van der Waals surface area (Å²) in [6.45, 7) is 1.99. The predicted octanol–water partition coefficient (Wildman–Crippen LogP) is 3.08. The molecule has 0 N–H and O–H groups in total. The van der Waals surface area contributed by atoms with Gasteiger partial charge in [-0.1, -0.05) is 22.9 Å². The molecule has 0 aliphatic carbocycles. The number of esters is 1. The van der Waals surface area contributed by atoms with Gasteiger partial charge in [-0.15, -0.1) is 0 Å². The molecule has 1 atom stereocenters. The van der Waals surface area contributed by atoms with Crippen LogP contribution in [-0.2, 0) is 4.74 Å². The molecule has 0 amide bonds. The third kappa shape index (κ3) is 1.53. The normalized spacial score (nSPS) is 18.6. The van der Waals surface area contributed by atoms with E-state index in [2.05, 4.69) is 15.9 Å². The number of halogens is 1. The van der Waals surface area contributed by atoms with Crippen molar-refractivity contribution in [2.45, 2.75) is 19.4 Å². The van der Waals surface area contributed by atoms with Crippen molar-refractivity contribution in [3.63, 3.8) is 0 Å². The zero-order valence-electron chi connectivity index (χ0n) is 8.54. The molecule has 4 heteroatoms. The Morgan fingerprint density at radius 2 is 2.27 bits per heavy atom. The minimum absolute atomic E-state index is 0.156. The number of carbonyl (C=O) groups is 1. The van der Waals surface area contributed by atoms with Gasteiger partial charge in [0.05, 0.1) is 7.11 Å². The van der Waals surface area contributed by atoms with Gasteiger partial charge < -0.3 is 9.47 Å². The Bertz CT molecular complexity index is 415. The highest BCUT2D eigenvalue weighted by atomic mass is 79.9. The van der Waals surface area contributed by atoms with Crippen LogP contribution in [0.5, 0.6) is 5.75 Å². The highest BCUT2D eigenvalue weighted by Crippen LogP contribution is 2.42. The summed E-state index contributed by atoms with van der Waals surface area (Å²) >= 11 is 3.43. The van der Waals surface area contributed by atoms with E-state index in [1.54, 1.807) is 13.2 Å². The fourth-order valence-electron chi connectivity index (χ4n) is 1.80. The smallest absolute Gasteiger partial charge is 0.343 e. The highest BCUT2D eigenvalue weighted by molar-refractivity contribution is 9.10. The van der Waals surface area contributed by atoms with Crippen molar-refractivity contribution < 1.29 is 14.3 Å². The van der Waals surface area contributed by atoms with Crippen LogP contribution in [0.2, 0.25) is 0 Å². The molecule has 0 saturated heterocycles. The van der Waals surface area contributed by atoms with Gasteiger partial charge >= 0.3 is 5.97 Å². The molecular weight excluding hydrogens is 260 g/mol. The number of carbonyl (C=O) groups excluding carboxylic acids is 1. The third-order valence-corrected chi connectivity index (χ3v) is 3.21. The first-order valence-corrected chi connectivity index (χ1v) is 5.55. The molecular formula is C11H11BrO3. The van der Waals surface area contributed by atoms with E-state index < -0.39 is 0 Å². The SMILES string of the molecule is CCC1OC(=O)c2c(OC)ccc(Br)c21. The van der Waals surface area contributed by atoms with Gasteiger partial charge in [0, 0.05) is 10.0 Å². The number of methoxy groups -OCH3 is 1. The molecule has 1 aliphatic rings. The first-order chi connectivity index (χ1) is 7.19. The average Bonchev–Trinajstić information content (AvgIpc) is 2.58. The fraction of sp³-hybridized carbons (Fsp3) is 0.364. The lowest BCUT2D eigenvalue weighted by atomic mass is 10.0. The first-order valence-electron chi connectivity index (χ1n) is 4.76. The van der Waals surface area contributed by atoms with E-state index in [9.17, 15) is 4.79 Å². The van der Waals surface area contributed by atoms with E-state index in [1.807, 2.05) is 13.0 Å². The summed E-state index contributed by atoms with van der Waals surface area (Å²) < 4.78 is 11.3. The topological polar surface area (TPSA) is 35.5 Å². The summed E-state index contributed by atoms with van der Waals surface area (Å²) in [6, 6.07) is 3.64. The van der Waals surface area contributed by atoms with Crippen LogP contribution in [0.1, 0.15) is 35.4 Å². The minimum atomic E-state index is -0.296. The standard InChI is InChI=1S/C11H11BrO3/c1-3-7-9-6(12)4-5-8(14-2)10(9)11(13)15-7/h4-5,7H,3H2,1-2H3. The van der Waals surface area contributed by atoms with Gasteiger partial charge in [-0.05, 0) is 18.6 Å². The largest absolute Gasteiger partial charge is 0.496 e. The van der Waals surface area contributed by atoms with Crippen molar-refractivity contribution in [3.05, 3.63) is 27.7 Å². The molecule has 1 heterocycles. The van der Waals surface area contributed by atoms with Gasteiger partial charge in [-0.3, -0.25) is 0 Å². The fourth-order valence-corrected chi connectivity index (χ4v) is 2.39. The maximum atomic E-state index is 11.6. The quantitative estimate of drug-likeness (QED) is 0.775. The van der Waals surface area contributed by atoms with E-state index in [1.165, 1.54) is 0 Å². The molecule has 1 aromatic carbocycles. The van der Waals surface area contributed by atoms with Crippen LogP contribution >= 0.6 is 15.9 Å². The van der Waals surface area contributed by atoms with Crippen LogP contribution in [0, 0.1) is 0 Å². The van der Waals surface area contributed by atoms with Crippen molar-refractivity contribution in [3.8, 4) is 5.75 Å². The molecule has 3 nitrogen and oxygen atoms in total. The number of hydrogen-bond donors (Lipinski definition) is 0. The lowest BCUT2D eigenvalue weighted by Gasteiger charge is -2.09. The molecule has 0 radical (unpaired) electrons. The van der Waals surface area contributed by atoms with Crippen LogP contribution in [0.3, 0.4) is 0 Å². The van der Waals surface area contributed by atoms with Crippen LogP contribution in [0.4, 0.5) is 0 Å². The highest BCUT2D eigenvalue weighted by Gasteiger charge is 2.34. The van der Waals surface area contributed by atoms with Crippen molar-refractivity contribution in [2.24, 2.45) is 0 Å². The minimum Gasteiger partial charge on any atom is -0.496 e. The lowest BCUT2D eigenvalue weighted by molar-refractivity contribution is 0.0376. The number of fused-ring (bicyclic) bond motifs is 1. The third-order valence-electron chi connectivity index (χ3n) is 2.52. The summed E-state index contributed by atoms with van der Waals surface area (Å²) in [6.07, 6.45) is 0.613. The van der Waals surface area contributed by atoms with E-state index >= 15 is 0 Å². The predicted molar refractivity (Wildman–Crippen MR) is 59.1 cm³/mol. The number of rotatable bonds is 2. The van der Waals surface area contributed by atoms with E-state index in [0.717, 1.165) is 16.5 Å². The molecule has 0 saturated carbocycles. The summed E-state index contributed by atoms with van der Waals surface area (Å²) in [7, 11) is 1.55. The zero-order chi connectivity index (χ0) is 11.0. The Morgan fingerprint density at radius 1 is 1.53 bits per heavy atom. The monoisotopic (exact) mass is 270 g/mol. The Morgan fingerprint density at radius 3 is 2.87 bits per heavy atom. The van der Waals surface area contributed by atoms with Gasteiger partial charge in [0.1, 0.15) is 17.4 Å². The summed E-state index contributed by atoms with van der Waals surface area (Å²) in [5.41, 5.74) is 1.46. The second-order valence-electron chi connectivity index (χ2n) is 3.34. The maximum absolute atomic E-state index is 11.6. The molecule has 0 spiro atoms. The van der Waals surface area contributed by atoms with Crippen LogP contribution in [0.25, 0.3) is 0 Å². The average molecular weight is 271 g/mol. The Hall–Kier alpha value is -1.03. The van der Waals surface area contributed by atoms with Gasteiger partial charge in [-0.25, -0.2) is 4.79 Å². The Labute approximate surface area is 96.5 Å². The van der Waals surface area contributed by atoms with Crippen molar-refractivity contribution in [2.75, 3.05) is 7.11 Å². The first kappa shape index (κ1) is 10.5. The van der Waals surface area contributed by atoms with Crippen LogP contribution < -0.4 is 4.74 Å². The Kier molecular flexibility index (Phi) is 2.69. The van der Waals surface area contributed by atoms with Crippen molar-refractivity contribution in [1.29, 1.82) is 0 Å². The molecule has 1 aliphatic heterocycles. The number of ether oxygens (including phenoxy) is 2. The number of hydrogen-bond acceptors (Lipinski definition) is 3. The molecule has 0 bridgehead atoms. The van der Waals surface area contributed by atoms with Gasteiger partial charge in [-0.2, -0.15) is 0 Å². The molecule has 0 fully saturated rings. The Balaban J connectivity index is 2.64. The van der Waals surface area contributed by atoms with Crippen molar-refractivity contribution >= 4 is 21.9 Å². The summed E-state index contributed by atoms with van der Waals surface area (Å²) in [5.74, 6) is 0.282. The maximum Gasteiger partial charge on any atom is 0.343 e. The summed E-state index contributed by atoms with van der Waals surface area (Å²) in [5, 5.41) is 0. The molecule has 0 aromatic heterocycles. The second kappa shape index (κ2) is 3.85. The molecule has 15 heavy (non-hydrogen) atoms. The molecule has 80 valence electrons. The number of benzene rings is 1. The summed E-state index contributed by atoms with van der Waals surface area (Å²) in [4.78, 5) is 11.6. The van der Waals surface area contributed by atoms with Crippen molar-refractivity contribution in [1.82, 2.24) is 0 Å². The van der Waals surface area contributed by atoms with Gasteiger partial charge in [0.15, 0.2) is 0 Å². The zero-order valence-corrected chi connectivity index (χ0v) is 10.1. The lowest BCUT2D eigenvalue weighted by Crippen LogP contribution is -1.98.